The second-order valence-electron chi connectivity index (χ2n) is 2.54. The fraction of sp³-hybridized carbons (Fsp3) is 0. The molecule has 1 aliphatic rings. The van der Waals surface area contributed by atoms with Crippen LogP contribution in [0.3, 0.4) is 0 Å². The van der Waals surface area contributed by atoms with Crippen LogP contribution in [0.1, 0.15) is 0 Å². The third kappa shape index (κ3) is 2.20. The molecule has 0 spiro atoms. The average molecular weight is 167 g/mol. The van der Waals surface area contributed by atoms with E-state index in [9.17, 15) is 0 Å². The molecule has 0 N–H and O–H groups in total. The molecule has 1 aliphatic carbocycles. The lowest BCUT2D eigenvalue weighted by atomic mass is 10.1. The largest absolute Gasteiger partial charge is 0.192 e. The fourth-order valence-electron chi connectivity index (χ4n) is 0.889. The summed E-state index contributed by atoms with van der Waals surface area (Å²) in [5.41, 5.74) is 5.15. The lowest BCUT2D eigenvalue weighted by Gasteiger charge is -1.92. The van der Waals surface area contributed by atoms with Gasteiger partial charge in [-0.15, -0.1) is 5.73 Å². The smallest absolute Gasteiger partial charge is 0.0991 e. The molecule has 0 saturated heterocycles. The van der Waals surface area contributed by atoms with Crippen LogP contribution >= 0.6 is 0 Å². The minimum Gasteiger partial charge on any atom is -0.192 e. The summed E-state index contributed by atoms with van der Waals surface area (Å²) in [6.07, 6.45) is 8.98. The van der Waals surface area contributed by atoms with Crippen molar-refractivity contribution in [2.24, 2.45) is 0 Å². The molecule has 0 heterocycles. The Hall–Kier alpha value is -2.03. The van der Waals surface area contributed by atoms with Crippen LogP contribution in [0.5, 0.6) is 0 Å². The van der Waals surface area contributed by atoms with Crippen LogP contribution in [-0.4, -0.2) is 0 Å². The topological polar surface area (TPSA) is 23.8 Å². The Morgan fingerprint density at radius 3 is 2.85 bits per heavy atom. The minimum atomic E-state index is 0.447. The molecular formula is C12H9N. The lowest BCUT2D eigenvalue weighted by molar-refractivity contribution is 1.47. The van der Waals surface area contributed by atoms with Gasteiger partial charge in [-0.1, -0.05) is 31.4 Å². The Morgan fingerprint density at radius 1 is 1.46 bits per heavy atom. The summed E-state index contributed by atoms with van der Waals surface area (Å²) in [6, 6.07) is 1.99. The van der Waals surface area contributed by atoms with E-state index in [2.05, 4.69) is 18.9 Å². The molecular weight excluding hydrogens is 158 g/mol. The van der Waals surface area contributed by atoms with Crippen molar-refractivity contribution in [2.45, 2.75) is 0 Å². The maximum Gasteiger partial charge on any atom is 0.0991 e. The maximum atomic E-state index is 8.61. The van der Waals surface area contributed by atoms with Crippen LogP contribution in [0.4, 0.5) is 0 Å². The van der Waals surface area contributed by atoms with E-state index < -0.39 is 0 Å². The van der Waals surface area contributed by atoms with Gasteiger partial charge in [-0.2, -0.15) is 5.26 Å². The molecule has 0 atom stereocenters. The average Bonchev–Trinajstić information content (AvgIpc) is 2.41. The van der Waals surface area contributed by atoms with E-state index in [1.807, 2.05) is 18.2 Å². The van der Waals surface area contributed by atoms with E-state index in [1.165, 1.54) is 0 Å². The molecule has 0 aliphatic heterocycles. The molecule has 1 heteroatoms. The van der Waals surface area contributed by atoms with Crippen molar-refractivity contribution in [3.63, 3.8) is 0 Å². The summed E-state index contributed by atoms with van der Waals surface area (Å²) in [5.74, 6) is 0. The number of allylic oxidation sites excluding steroid dienone is 7. The first-order chi connectivity index (χ1) is 6.27. The zero-order valence-corrected chi connectivity index (χ0v) is 7.25. The molecule has 1 rings (SSSR count). The molecule has 0 fully saturated rings. The van der Waals surface area contributed by atoms with Crippen LogP contribution in [-0.2, 0) is 0 Å². The van der Waals surface area contributed by atoms with Crippen molar-refractivity contribution in [3.8, 4) is 6.07 Å². The summed E-state index contributed by atoms with van der Waals surface area (Å²) in [6.45, 7) is 7.27. The van der Waals surface area contributed by atoms with E-state index in [-0.39, 0.29) is 0 Å². The highest BCUT2D eigenvalue weighted by atomic mass is 14.2. The van der Waals surface area contributed by atoms with E-state index in [0.29, 0.717) is 5.57 Å². The lowest BCUT2D eigenvalue weighted by Crippen LogP contribution is -1.78. The Labute approximate surface area is 78.0 Å². The highest BCUT2D eigenvalue weighted by molar-refractivity contribution is 5.51. The molecule has 0 aromatic heterocycles. The standard InChI is InChI=1S/C12H9N/c1-3-11-5-4-6-12(8-7-11)10(2)9-13/h3,5-8H,1-2H2. The van der Waals surface area contributed by atoms with Gasteiger partial charge in [-0.25, -0.2) is 0 Å². The van der Waals surface area contributed by atoms with Gasteiger partial charge in [-0.3, -0.25) is 0 Å². The number of nitriles is 1. The van der Waals surface area contributed by atoms with Crippen LogP contribution < -0.4 is 0 Å². The Kier molecular flexibility index (Phi) is 2.87. The molecule has 0 amide bonds. The Morgan fingerprint density at radius 2 is 2.23 bits per heavy atom. The van der Waals surface area contributed by atoms with Crippen molar-refractivity contribution in [2.75, 3.05) is 0 Å². The molecule has 0 radical (unpaired) electrons. The molecule has 0 unspecified atom stereocenters. The molecule has 13 heavy (non-hydrogen) atoms. The zero-order valence-electron chi connectivity index (χ0n) is 7.25. The molecule has 0 bridgehead atoms. The first kappa shape index (κ1) is 9.06. The van der Waals surface area contributed by atoms with Gasteiger partial charge in [-0.05, 0) is 23.3 Å². The second kappa shape index (κ2) is 4.11. The number of hydrogen-bond acceptors (Lipinski definition) is 1. The van der Waals surface area contributed by atoms with Crippen molar-refractivity contribution in [1.82, 2.24) is 0 Å². The summed E-state index contributed by atoms with van der Waals surface area (Å²) >= 11 is 0. The van der Waals surface area contributed by atoms with Gasteiger partial charge in [0.2, 0.25) is 0 Å². The summed E-state index contributed by atoms with van der Waals surface area (Å²) in [5, 5.41) is 8.61. The first-order valence-electron chi connectivity index (χ1n) is 3.84. The van der Waals surface area contributed by atoms with Crippen LogP contribution in [0.25, 0.3) is 0 Å². The Bertz CT molecular complexity index is 405. The third-order valence-electron chi connectivity index (χ3n) is 1.66. The van der Waals surface area contributed by atoms with Crippen LogP contribution in [0.2, 0.25) is 0 Å². The predicted molar refractivity (Wildman–Crippen MR) is 53.8 cm³/mol. The van der Waals surface area contributed by atoms with E-state index in [4.69, 9.17) is 5.26 Å². The molecule has 0 aromatic rings. The van der Waals surface area contributed by atoms with E-state index in [0.717, 1.165) is 11.1 Å². The summed E-state index contributed by atoms with van der Waals surface area (Å²) in [7, 11) is 0. The highest BCUT2D eigenvalue weighted by Crippen LogP contribution is 2.12. The number of rotatable bonds is 2. The van der Waals surface area contributed by atoms with Gasteiger partial charge in [0.25, 0.3) is 0 Å². The summed E-state index contributed by atoms with van der Waals surface area (Å²) in [4.78, 5) is 0. The quantitative estimate of drug-likeness (QED) is 0.458. The van der Waals surface area contributed by atoms with E-state index in [1.54, 1.807) is 18.2 Å². The monoisotopic (exact) mass is 167 g/mol. The number of hydrogen-bond donors (Lipinski definition) is 0. The molecule has 0 aromatic carbocycles. The van der Waals surface area contributed by atoms with Crippen molar-refractivity contribution in [1.29, 1.82) is 5.26 Å². The summed E-state index contributed by atoms with van der Waals surface area (Å²) < 4.78 is 0. The van der Waals surface area contributed by atoms with Gasteiger partial charge in [0.15, 0.2) is 0 Å². The second-order valence-corrected chi connectivity index (χ2v) is 2.54. The van der Waals surface area contributed by atoms with Crippen LogP contribution in [0, 0.1) is 11.3 Å². The minimum absolute atomic E-state index is 0.447. The van der Waals surface area contributed by atoms with Gasteiger partial charge < -0.3 is 0 Å². The maximum absolute atomic E-state index is 8.61. The third-order valence-corrected chi connectivity index (χ3v) is 1.66. The molecule has 0 saturated carbocycles. The van der Waals surface area contributed by atoms with Gasteiger partial charge in [0, 0.05) is 0 Å². The van der Waals surface area contributed by atoms with E-state index >= 15 is 0 Å². The molecule has 62 valence electrons. The first-order valence-corrected chi connectivity index (χ1v) is 3.84. The van der Waals surface area contributed by atoms with Crippen molar-refractivity contribution >= 4 is 0 Å². The SMILES string of the molecule is C=CC1=CC=C(C(=C)C#N)C=C=C1. The highest BCUT2D eigenvalue weighted by Gasteiger charge is 1.97. The van der Waals surface area contributed by atoms with Gasteiger partial charge in [0.05, 0.1) is 11.6 Å². The van der Waals surface area contributed by atoms with Crippen molar-refractivity contribution < 1.29 is 0 Å². The van der Waals surface area contributed by atoms with Gasteiger partial charge in [0.1, 0.15) is 0 Å². The Balaban J connectivity index is 3.08. The molecule has 1 nitrogen and oxygen atoms in total. The van der Waals surface area contributed by atoms with Crippen molar-refractivity contribution in [3.05, 3.63) is 66.0 Å². The number of nitrogens with zero attached hydrogens (tertiary/aromatic N) is 1. The normalized spacial score (nSPS) is 13.8. The fourth-order valence-corrected chi connectivity index (χ4v) is 0.889. The predicted octanol–water partition coefficient (Wildman–Crippen LogP) is 2.83. The zero-order chi connectivity index (χ0) is 9.68. The van der Waals surface area contributed by atoms with Gasteiger partial charge >= 0.3 is 0 Å². The van der Waals surface area contributed by atoms with Crippen LogP contribution in [0.15, 0.2) is 66.0 Å².